The predicted octanol–water partition coefficient (Wildman–Crippen LogP) is 3.88. The van der Waals surface area contributed by atoms with E-state index in [-0.39, 0.29) is 5.91 Å². The molecule has 0 bridgehead atoms. The highest BCUT2D eigenvalue weighted by atomic mass is 79.9. The number of aromatic nitrogens is 3. The Morgan fingerprint density at radius 2 is 2.10 bits per heavy atom. The zero-order valence-corrected chi connectivity index (χ0v) is 17.7. The summed E-state index contributed by atoms with van der Waals surface area (Å²) in [4.78, 5) is 25.9. The number of carbonyl (C=O) groups excluding carboxylic acids is 1. The molecular formula is C22H20BrN5O2. The molecule has 7 nitrogen and oxygen atoms in total. The summed E-state index contributed by atoms with van der Waals surface area (Å²) < 4.78 is 5.97. The van der Waals surface area contributed by atoms with Crippen molar-refractivity contribution < 1.29 is 9.21 Å². The molecule has 1 aliphatic rings. The molecule has 1 amide bonds. The van der Waals surface area contributed by atoms with E-state index in [9.17, 15) is 4.79 Å². The fourth-order valence-electron chi connectivity index (χ4n) is 3.28. The molecule has 1 aromatic carbocycles. The maximum absolute atomic E-state index is 12.7. The maximum atomic E-state index is 12.7. The number of imidazole rings is 1. The van der Waals surface area contributed by atoms with Gasteiger partial charge in [0.25, 0.3) is 5.91 Å². The molecule has 0 saturated carbocycles. The van der Waals surface area contributed by atoms with Gasteiger partial charge in [0, 0.05) is 35.2 Å². The number of benzene rings is 1. The number of pyridine rings is 1. The van der Waals surface area contributed by atoms with Gasteiger partial charge < -0.3 is 20.0 Å². The van der Waals surface area contributed by atoms with Gasteiger partial charge in [-0.2, -0.15) is 0 Å². The van der Waals surface area contributed by atoms with Crippen molar-refractivity contribution in [3.8, 4) is 0 Å². The van der Waals surface area contributed by atoms with Crippen molar-refractivity contribution in [2.24, 2.45) is 5.73 Å². The second-order valence-corrected chi connectivity index (χ2v) is 7.62. The number of halogens is 1. The Bertz CT molecular complexity index is 1170. The molecule has 0 spiro atoms. The van der Waals surface area contributed by atoms with Crippen molar-refractivity contribution in [3.63, 3.8) is 0 Å². The molecule has 1 aliphatic heterocycles. The number of amides is 1. The van der Waals surface area contributed by atoms with E-state index in [0.717, 1.165) is 33.3 Å². The van der Waals surface area contributed by atoms with Crippen LogP contribution in [0.4, 0.5) is 0 Å². The molecule has 0 fully saturated rings. The van der Waals surface area contributed by atoms with Crippen LogP contribution in [0.15, 0.2) is 76.3 Å². The van der Waals surface area contributed by atoms with Gasteiger partial charge in [0.05, 0.1) is 41.8 Å². The zero-order chi connectivity index (χ0) is 20.9. The summed E-state index contributed by atoms with van der Waals surface area (Å²) in [6.45, 7) is 1.14. The SMILES string of the molecule is N/C=C(/C(=O)N1CCc2nc[nH]c2C1)c1cc(Br)ccn1.c1ccc2occc2c1. The molecule has 152 valence electrons. The zero-order valence-electron chi connectivity index (χ0n) is 16.1. The largest absolute Gasteiger partial charge is 0.464 e. The Kier molecular flexibility index (Phi) is 5.94. The first-order valence-corrected chi connectivity index (χ1v) is 10.2. The number of furan rings is 1. The molecule has 4 aromatic rings. The average molecular weight is 466 g/mol. The van der Waals surface area contributed by atoms with E-state index in [1.165, 1.54) is 6.20 Å². The quantitative estimate of drug-likeness (QED) is 0.437. The number of hydrogen-bond acceptors (Lipinski definition) is 5. The fourth-order valence-corrected chi connectivity index (χ4v) is 3.62. The summed E-state index contributed by atoms with van der Waals surface area (Å²) in [6, 6.07) is 13.5. The van der Waals surface area contributed by atoms with Crippen molar-refractivity contribution in [2.45, 2.75) is 13.0 Å². The van der Waals surface area contributed by atoms with Crippen LogP contribution in [0, 0.1) is 0 Å². The van der Waals surface area contributed by atoms with E-state index in [2.05, 4.69) is 30.9 Å². The number of carbonyl (C=O) groups is 1. The van der Waals surface area contributed by atoms with Gasteiger partial charge >= 0.3 is 0 Å². The van der Waals surface area contributed by atoms with Crippen LogP contribution >= 0.6 is 15.9 Å². The van der Waals surface area contributed by atoms with E-state index in [1.807, 2.05) is 30.3 Å². The van der Waals surface area contributed by atoms with Crippen LogP contribution < -0.4 is 5.73 Å². The number of aromatic amines is 1. The third kappa shape index (κ3) is 4.28. The Morgan fingerprint density at radius 3 is 2.90 bits per heavy atom. The number of fused-ring (bicyclic) bond motifs is 2. The van der Waals surface area contributed by atoms with Crippen LogP contribution in [0.1, 0.15) is 17.1 Å². The second-order valence-electron chi connectivity index (χ2n) is 6.70. The number of para-hydroxylation sites is 1. The highest BCUT2D eigenvalue weighted by molar-refractivity contribution is 9.10. The number of H-pyrrole nitrogens is 1. The van der Waals surface area contributed by atoms with Crippen molar-refractivity contribution in [3.05, 3.63) is 89.0 Å². The van der Waals surface area contributed by atoms with Gasteiger partial charge in [-0.3, -0.25) is 9.78 Å². The number of nitrogens with zero attached hydrogens (tertiary/aromatic N) is 3. The molecule has 4 heterocycles. The molecule has 30 heavy (non-hydrogen) atoms. The summed E-state index contributed by atoms with van der Waals surface area (Å²) in [5.41, 5.74) is 9.58. The van der Waals surface area contributed by atoms with Gasteiger partial charge in [-0.1, -0.05) is 34.1 Å². The molecule has 5 rings (SSSR count). The number of rotatable bonds is 2. The molecule has 0 aliphatic carbocycles. The second kappa shape index (κ2) is 8.96. The van der Waals surface area contributed by atoms with E-state index < -0.39 is 0 Å². The van der Waals surface area contributed by atoms with Crippen LogP contribution in [-0.2, 0) is 17.8 Å². The van der Waals surface area contributed by atoms with Crippen molar-refractivity contribution in [1.29, 1.82) is 0 Å². The van der Waals surface area contributed by atoms with Crippen LogP contribution in [0.25, 0.3) is 16.5 Å². The number of hydrogen-bond donors (Lipinski definition) is 2. The van der Waals surface area contributed by atoms with Crippen LogP contribution in [0.5, 0.6) is 0 Å². The van der Waals surface area contributed by atoms with E-state index in [4.69, 9.17) is 10.2 Å². The number of nitrogens with one attached hydrogen (secondary N) is 1. The molecule has 0 unspecified atom stereocenters. The summed E-state index contributed by atoms with van der Waals surface area (Å²) in [5, 5.41) is 1.16. The molecule has 3 N–H and O–H groups in total. The molecule has 3 aromatic heterocycles. The Balaban J connectivity index is 0.000000200. The van der Waals surface area contributed by atoms with Gasteiger partial charge in [-0.05, 0) is 24.3 Å². The van der Waals surface area contributed by atoms with Gasteiger partial charge in [-0.15, -0.1) is 0 Å². The molecule has 0 saturated heterocycles. The first kappa shape index (κ1) is 19.9. The van der Waals surface area contributed by atoms with Crippen molar-refractivity contribution in [2.75, 3.05) is 6.54 Å². The lowest BCUT2D eigenvalue weighted by atomic mass is 10.1. The lowest BCUT2D eigenvalue weighted by Gasteiger charge is -2.27. The smallest absolute Gasteiger partial charge is 0.257 e. The average Bonchev–Trinajstić information content (AvgIpc) is 3.43. The van der Waals surface area contributed by atoms with Gasteiger partial charge in [0.1, 0.15) is 5.58 Å². The predicted molar refractivity (Wildman–Crippen MR) is 118 cm³/mol. The van der Waals surface area contributed by atoms with Gasteiger partial charge in [0.2, 0.25) is 0 Å². The fraction of sp³-hybridized carbons (Fsp3) is 0.136. The molecule has 0 radical (unpaired) electrons. The van der Waals surface area contributed by atoms with Crippen molar-refractivity contribution >= 4 is 38.4 Å². The highest BCUT2D eigenvalue weighted by Crippen LogP contribution is 2.22. The van der Waals surface area contributed by atoms with E-state index in [1.54, 1.807) is 35.8 Å². The van der Waals surface area contributed by atoms with Gasteiger partial charge in [-0.25, -0.2) is 4.98 Å². The highest BCUT2D eigenvalue weighted by Gasteiger charge is 2.25. The third-order valence-corrected chi connectivity index (χ3v) is 5.31. The van der Waals surface area contributed by atoms with Crippen LogP contribution in [-0.4, -0.2) is 32.3 Å². The minimum Gasteiger partial charge on any atom is -0.464 e. The Labute approximate surface area is 181 Å². The summed E-state index contributed by atoms with van der Waals surface area (Å²) in [6.07, 6.45) is 7.06. The lowest BCUT2D eigenvalue weighted by Crippen LogP contribution is -2.36. The molecule has 0 atom stereocenters. The standard InChI is InChI=1S/C14H14BrN5O.C8H6O/c15-9-1-3-17-12(5-9)10(6-16)14(21)20-4-2-11-13(7-20)19-8-18-11;1-2-4-8-7(3-1)5-6-9-8/h1,3,5-6,8H,2,4,7,16H2,(H,18,19);1-6H/b10-6+;. The van der Waals surface area contributed by atoms with E-state index >= 15 is 0 Å². The Morgan fingerprint density at radius 1 is 1.23 bits per heavy atom. The van der Waals surface area contributed by atoms with Crippen molar-refractivity contribution in [1.82, 2.24) is 19.9 Å². The first-order valence-electron chi connectivity index (χ1n) is 9.42. The monoisotopic (exact) mass is 465 g/mol. The lowest BCUT2D eigenvalue weighted by molar-refractivity contribution is -0.126. The topological polar surface area (TPSA) is 101 Å². The Hall–Kier alpha value is -3.39. The summed E-state index contributed by atoms with van der Waals surface area (Å²) >= 11 is 3.37. The first-order chi connectivity index (χ1) is 14.7. The summed E-state index contributed by atoms with van der Waals surface area (Å²) in [7, 11) is 0. The maximum Gasteiger partial charge on any atom is 0.257 e. The normalized spacial score (nSPS) is 13.5. The van der Waals surface area contributed by atoms with Gasteiger partial charge in [0.15, 0.2) is 0 Å². The third-order valence-electron chi connectivity index (χ3n) is 4.82. The molecular weight excluding hydrogens is 446 g/mol. The molecule has 8 heteroatoms. The van der Waals surface area contributed by atoms with Crippen LogP contribution in [0.2, 0.25) is 0 Å². The minimum absolute atomic E-state index is 0.122. The number of nitrogens with two attached hydrogens (primary N) is 1. The van der Waals surface area contributed by atoms with Crippen LogP contribution in [0.3, 0.4) is 0 Å². The minimum atomic E-state index is -0.122. The summed E-state index contributed by atoms with van der Waals surface area (Å²) in [5.74, 6) is -0.122. The van der Waals surface area contributed by atoms with E-state index in [0.29, 0.717) is 24.4 Å².